The maximum Gasteiger partial charge on any atom is 0.411 e. The largest absolute Gasteiger partial charge is 0.497 e. The topological polar surface area (TPSA) is 65.1 Å². The summed E-state index contributed by atoms with van der Waals surface area (Å²) in [6.45, 7) is 7.84. The number of carbonyl (C=O) groups is 2. The summed E-state index contributed by atoms with van der Waals surface area (Å²) in [5.41, 5.74) is 1.30. The van der Waals surface area contributed by atoms with Crippen LogP contribution in [0.5, 0.6) is 5.75 Å². The van der Waals surface area contributed by atoms with E-state index in [1.54, 1.807) is 25.0 Å². The number of benzene rings is 2. The summed E-state index contributed by atoms with van der Waals surface area (Å²) in [6, 6.07) is 16.9. The Morgan fingerprint density at radius 1 is 1.00 bits per heavy atom. The summed E-state index contributed by atoms with van der Waals surface area (Å²) in [5.74, 6) is 0.291. The van der Waals surface area contributed by atoms with Gasteiger partial charge in [-0.25, -0.2) is 9.59 Å². The fraction of sp³-hybridized carbons (Fsp3) is 0.385. The van der Waals surface area contributed by atoms with E-state index in [9.17, 15) is 9.59 Å². The first-order valence-electron chi connectivity index (χ1n) is 10.7. The van der Waals surface area contributed by atoms with Gasteiger partial charge in [0.1, 0.15) is 11.4 Å². The van der Waals surface area contributed by atoms with Crippen molar-refractivity contribution in [2.75, 3.05) is 13.7 Å². The first kappa shape index (κ1) is 25.0. The van der Waals surface area contributed by atoms with Crippen LogP contribution >= 0.6 is 0 Å². The molecule has 0 aliphatic rings. The van der Waals surface area contributed by atoms with E-state index in [4.69, 9.17) is 14.2 Å². The Kier molecular flexibility index (Phi) is 9.32. The molecule has 0 heterocycles. The van der Waals surface area contributed by atoms with Crippen molar-refractivity contribution >= 4 is 12.1 Å². The van der Waals surface area contributed by atoms with Crippen LogP contribution in [0.2, 0.25) is 0 Å². The summed E-state index contributed by atoms with van der Waals surface area (Å²) < 4.78 is 16.0. The molecular formula is C26H33NO5. The Morgan fingerprint density at radius 2 is 1.66 bits per heavy atom. The summed E-state index contributed by atoms with van der Waals surface area (Å²) >= 11 is 0. The second-order valence-corrected chi connectivity index (χ2v) is 8.32. The number of rotatable bonds is 9. The molecular weight excluding hydrogens is 406 g/mol. The Bertz CT molecular complexity index is 885. The lowest BCUT2D eigenvalue weighted by Gasteiger charge is -2.32. The minimum atomic E-state index is -0.655. The van der Waals surface area contributed by atoms with E-state index in [1.165, 1.54) is 6.08 Å². The van der Waals surface area contributed by atoms with E-state index < -0.39 is 23.7 Å². The van der Waals surface area contributed by atoms with Crippen LogP contribution in [0.3, 0.4) is 0 Å². The van der Waals surface area contributed by atoms with Crippen LogP contribution in [0.4, 0.5) is 4.79 Å². The second kappa shape index (κ2) is 11.9. The van der Waals surface area contributed by atoms with Crippen LogP contribution in [0.15, 0.2) is 66.7 Å². The van der Waals surface area contributed by atoms with Gasteiger partial charge in [-0.2, -0.15) is 0 Å². The third-order valence-corrected chi connectivity index (χ3v) is 4.57. The van der Waals surface area contributed by atoms with Gasteiger partial charge in [-0.05, 0) is 57.4 Å². The van der Waals surface area contributed by atoms with Crippen LogP contribution in [0.25, 0.3) is 0 Å². The normalized spacial score (nSPS) is 12.3. The molecule has 172 valence electrons. The molecule has 0 bridgehead atoms. The number of methoxy groups -OCH3 is 1. The lowest BCUT2D eigenvalue weighted by Crippen LogP contribution is -2.43. The van der Waals surface area contributed by atoms with Crippen molar-refractivity contribution in [3.05, 3.63) is 77.9 Å². The monoisotopic (exact) mass is 439 g/mol. The van der Waals surface area contributed by atoms with Crippen molar-refractivity contribution in [1.29, 1.82) is 0 Å². The Labute approximate surface area is 190 Å². The molecule has 1 atom stereocenters. The minimum Gasteiger partial charge on any atom is -0.497 e. The number of nitrogens with zero attached hydrogens (tertiary/aromatic N) is 1. The van der Waals surface area contributed by atoms with E-state index in [-0.39, 0.29) is 6.61 Å². The molecule has 0 aliphatic heterocycles. The fourth-order valence-corrected chi connectivity index (χ4v) is 3.08. The van der Waals surface area contributed by atoms with Crippen molar-refractivity contribution in [3.8, 4) is 5.75 Å². The van der Waals surface area contributed by atoms with Crippen molar-refractivity contribution in [2.45, 2.75) is 52.3 Å². The molecule has 0 aromatic heterocycles. The standard InChI is InChI=1S/C26H33NO5/c1-6-31-24(28)17-14-22(18-20-10-8-7-9-11-20)27(25(29)32-26(2,3)4)19-21-12-15-23(30-5)16-13-21/h7-17,22H,6,18-19H2,1-5H3/b17-14-/t22-/m1/s1. The molecule has 6 heteroatoms. The van der Waals surface area contributed by atoms with Crippen LogP contribution < -0.4 is 4.74 Å². The third kappa shape index (κ3) is 8.46. The first-order valence-corrected chi connectivity index (χ1v) is 10.7. The lowest BCUT2D eigenvalue weighted by molar-refractivity contribution is -0.137. The Hall–Kier alpha value is -3.28. The van der Waals surface area contributed by atoms with Crippen LogP contribution in [0.1, 0.15) is 38.8 Å². The zero-order chi connectivity index (χ0) is 23.6. The molecule has 2 aromatic carbocycles. The average Bonchev–Trinajstić information content (AvgIpc) is 2.75. The van der Waals surface area contributed by atoms with Gasteiger partial charge >= 0.3 is 12.1 Å². The quantitative estimate of drug-likeness (QED) is 0.399. The van der Waals surface area contributed by atoms with E-state index >= 15 is 0 Å². The molecule has 0 saturated heterocycles. The van der Waals surface area contributed by atoms with Gasteiger partial charge in [0.05, 0.1) is 19.8 Å². The van der Waals surface area contributed by atoms with Crippen molar-refractivity contribution < 1.29 is 23.8 Å². The van der Waals surface area contributed by atoms with Gasteiger partial charge in [0.15, 0.2) is 0 Å². The van der Waals surface area contributed by atoms with Crippen molar-refractivity contribution in [1.82, 2.24) is 4.90 Å². The van der Waals surface area contributed by atoms with Crippen LogP contribution in [-0.2, 0) is 27.2 Å². The van der Waals surface area contributed by atoms with E-state index in [0.717, 1.165) is 16.9 Å². The van der Waals surface area contributed by atoms with Gasteiger partial charge in [-0.15, -0.1) is 0 Å². The highest BCUT2D eigenvalue weighted by molar-refractivity contribution is 5.82. The zero-order valence-corrected chi connectivity index (χ0v) is 19.5. The van der Waals surface area contributed by atoms with Crippen molar-refractivity contribution in [2.24, 2.45) is 0 Å². The summed E-state index contributed by atoms with van der Waals surface area (Å²) in [5, 5.41) is 0. The molecule has 1 amide bonds. The molecule has 0 radical (unpaired) electrons. The maximum absolute atomic E-state index is 13.2. The van der Waals surface area contributed by atoms with Crippen molar-refractivity contribution in [3.63, 3.8) is 0 Å². The predicted molar refractivity (Wildman–Crippen MR) is 124 cm³/mol. The number of amides is 1. The maximum atomic E-state index is 13.2. The average molecular weight is 440 g/mol. The number of carbonyl (C=O) groups excluding carboxylic acids is 2. The molecule has 32 heavy (non-hydrogen) atoms. The molecule has 6 nitrogen and oxygen atoms in total. The van der Waals surface area contributed by atoms with Crippen LogP contribution in [-0.4, -0.2) is 42.3 Å². The number of hydrogen-bond donors (Lipinski definition) is 0. The SMILES string of the molecule is CCOC(=O)/C=C\[C@H](Cc1ccccc1)N(Cc1ccc(OC)cc1)C(=O)OC(C)(C)C. The molecule has 2 rings (SSSR count). The number of hydrogen-bond acceptors (Lipinski definition) is 5. The zero-order valence-electron chi connectivity index (χ0n) is 19.5. The smallest absolute Gasteiger partial charge is 0.411 e. The number of ether oxygens (including phenoxy) is 3. The van der Waals surface area contributed by atoms with Crippen LogP contribution in [0, 0.1) is 0 Å². The van der Waals surface area contributed by atoms with Gasteiger partial charge < -0.3 is 14.2 Å². The predicted octanol–water partition coefficient (Wildman–Crippen LogP) is 5.16. The molecule has 0 spiro atoms. The molecule has 0 N–H and O–H groups in total. The van der Waals surface area contributed by atoms with E-state index in [0.29, 0.717) is 13.0 Å². The van der Waals surface area contributed by atoms with Gasteiger partial charge in [0.2, 0.25) is 0 Å². The Balaban J connectivity index is 2.39. The summed E-state index contributed by atoms with van der Waals surface area (Å²) in [6.07, 6.45) is 3.15. The Morgan fingerprint density at radius 3 is 2.22 bits per heavy atom. The summed E-state index contributed by atoms with van der Waals surface area (Å²) in [7, 11) is 1.61. The second-order valence-electron chi connectivity index (χ2n) is 8.32. The molecule has 2 aromatic rings. The third-order valence-electron chi connectivity index (χ3n) is 4.57. The highest BCUT2D eigenvalue weighted by Gasteiger charge is 2.28. The van der Waals surface area contributed by atoms with Gasteiger partial charge in [0.25, 0.3) is 0 Å². The lowest BCUT2D eigenvalue weighted by atomic mass is 10.0. The molecule has 0 unspecified atom stereocenters. The van der Waals surface area contributed by atoms with Gasteiger partial charge in [-0.3, -0.25) is 4.90 Å². The molecule has 0 saturated carbocycles. The molecule has 0 fully saturated rings. The molecule has 0 aliphatic carbocycles. The fourth-order valence-electron chi connectivity index (χ4n) is 3.08. The first-order chi connectivity index (χ1) is 15.2. The highest BCUT2D eigenvalue weighted by Crippen LogP contribution is 2.20. The van der Waals surface area contributed by atoms with Gasteiger partial charge in [0, 0.05) is 12.6 Å². The van der Waals surface area contributed by atoms with E-state index in [1.807, 2.05) is 75.4 Å². The number of esters is 1. The summed E-state index contributed by atoms with van der Waals surface area (Å²) in [4.78, 5) is 26.8. The highest BCUT2D eigenvalue weighted by atomic mass is 16.6. The van der Waals surface area contributed by atoms with Gasteiger partial charge in [-0.1, -0.05) is 48.5 Å². The minimum absolute atomic E-state index is 0.286. The van der Waals surface area contributed by atoms with E-state index in [2.05, 4.69) is 0 Å².